The molecule has 2 atom stereocenters. The van der Waals surface area contributed by atoms with Crippen LogP contribution in [0.5, 0.6) is 0 Å². The van der Waals surface area contributed by atoms with E-state index in [9.17, 15) is 19.2 Å². The van der Waals surface area contributed by atoms with Crippen molar-refractivity contribution in [2.75, 3.05) is 6.54 Å². The average molecular weight is 420 g/mol. The van der Waals surface area contributed by atoms with Gasteiger partial charge < -0.3 is 15.5 Å². The summed E-state index contributed by atoms with van der Waals surface area (Å²) in [5.74, 6) is -0.763. The summed E-state index contributed by atoms with van der Waals surface area (Å²) in [5.41, 5.74) is 0.839. The van der Waals surface area contributed by atoms with Gasteiger partial charge in [0.2, 0.25) is 5.91 Å². The van der Waals surface area contributed by atoms with Crippen molar-refractivity contribution in [3.05, 3.63) is 71.3 Å². The third kappa shape index (κ3) is 4.01. The number of carbonyl (C=O) groups is 4. The number of amides is 5. The number of rotatable bonds is 5. The van der Waals surface area contributed by atoms with Crippen LogP contribution >= 0.6 is 0 Å². The molecule has 2 saturated heterocycles. The summed E-state index contributed by atoms with van der Waals surface area (Å²) >= 11 is 0. The molecular formula is C23H24N4O4. The molecule has 2 fully saturated rings. The maximum atomic E-state index is 12.8. The smallest absolute Gasteiger partial charge is 0.322 e. The van der Waals surface area contributed by atoms with Gasteiger partial charge in [-0.2, -0.15) is 0 Å². The molecule has 0 aromatic heterocycles. The van der Waals surface area contributed by atoms with Gasteiger partial charge in [0.1, 0.15) is 11.6 Å². The van der Waals surface area contributed by atoms with Crippen LogP contribution in [0.25, 0.3) is 0 Å². The van der Waals surface area contributed by atoms with Crippen molar-refractivity contribution in [3.63, 3.8) is 0 Å². The maximum absolute atomic E-state index is 12.8. The van der Waals surface area contributed by atoms with E-state index < -0.39 is 23.5 Å². The van der Waals surface area contributed by atoms with Gasteiger partial charge in [-0.25, -0.2) is 4.79 Å². The minimum atomic E-state index is -1.15. The molecule has 0 radical (unpaired) electrons. The van der Waals surface area contributed by atoms with Crippen molar-refractivity contribution in [1.29, 1.82) is 0 Å². The Balaban J connectivity index is 1.42. The Morgan fingerprint density at radius 3 is 2.61 bits per heavy atom. The Morgan fingerprint density at radius 2 is 1.90 bits per heavy atom. The van der Waals surface area contributed by atoms with E-state index in [-0.39, 0.29) is 18.4 Å². The maximum Gasteiger partial charge on any atom is 0.322 e. The minimum absolute atomic E-state index is 0.142. The van der Waals surface area contributed by atoms with Gasteiger partial charge in [0.15, 0.2) is 0 Å². The molecule has 4 rings (SSSR count). The van der Waals surface area contributed by atoms with Gasteiger partial charge in [-0.1, -0.05) is 42.5 Å². The lowest BCUT2D eigenvalue weighted by atomic mass is 9.91. The zero-order chi connectivity index (χ0) is 22.0. The van der Waals surface area contributed by atoms with E-state index in [1.807, 2.05) is 12.1 Å². The minimum Gasteiger partial charge on any atom is -0.350 e. The topological polar surface area (TPSA) is 108 Å². The highest BCUT2D eigenvalue weighted by Gasteiger charge is 2.43. The Kier molecular flexibility index (Phi) is 5.46. The quantitative estimate of drug-likeness (QED) is 0.640. The zero-order valence-electron chi connectivity index (χ0n) is 17.2. The normalized spacial score (nSPS) is 22.7. The number of benzene rings is 2. The van der Waals surface area contributed by atoms with Crippen LogP contribution in [0.15, 0.2) is 54.6 Å². The van der Waals surface area contributed by atoms with E-state index in [0.717, 1.165) is 12.0 Å². The fourth-order valence-electron chi connectivity index (χ4n) is 4.07. The van der Waals surface area contributed by atoms with E-state index in [1.54, 1.807) is 54.3 Å². The van der Waals surface area contributed by atoms with Gasteiger partial charge in [-0.3, -0.25) is 19.7 Å². The van der Waals surface area contributed by atoms with Crippen molar-refractivity contribution in [2.45, 2.75) is 37.9 Å². The molecule has 1 unspecified atom stereocenters. The number of nitrogens with zero attached hydrogens (tertiary/aromatic N) is 1. The lowest BCUT2D eigenvalue weighted by Crippen LogP contribution is -2.45. The summed E-state index contributed by atoms with van der Waals surface area (Å²) < 4.78 is 0. The Hall–Kier alpha value is -3.68. The summed E-state index contributed by atoms with van der Waals surface area (Å²) in [6.07, 6.45) is 1.40. The summed E-state index contributed by atoms with van der Waals surface area (Å²) in [7, 11) is 0. The fraction of sp³-hybridized carbons (Fsp3) is 0.304. The largest absolute Gasteiger partial charge is 0.350 e. The first-order valence-corrected chi connectivity index (χ1v) is 10.3. The van der Waals surface area contributed by atoms with Crippen LogP contribution in [0, 0.1) is 0 Å². The second-order valence-electron chi connectivity index (χ2n) is 7.97. The highest BCUT2D eigenvalue weighted by molar-refractivity contribution is 6.07. The molecule has 2 aliphatic heterocycles. The highest BCUT2D eigenvalue weighted by Crippen LogP contribution is 2.25. The second kappa shape index (κ2) is 8.22. The van der Waals surface area contributed by atoms with Crippen molar-refractivity contribution < 1.29 is 19.2 Å². The van der Waals surface area contributed by atoms with Crippen LogP contribution in [0.1, 0.15) is 41.3 Å². The predicted molar refractivity (Wildman–Crippen MR) is 113 cm³/mol. The summed E-state index contributed by atoms with van der Waals surface area (Å²) in [5, 5.41) is 7.79. The molecule has 0 spiro atoms. The van der Waals surface area contributed by atoms with Crippen molar-refractivity contribution in [3.8, 4) is 0 Å². The van der Waals surface area contributed by atoms with Crippen LogP contribution in [-0.4, -0.2) is 41.2 Å². The second-order valence-corrected chi connectivity index (χ2v) is 7.97. The average Bonchev–Trinajstić information content (AvgIpc) is 3.37. The molecule has 0 bridgehead atoms. The molecule has 31 heavy (non-hydrogen) atoms. The number of hydrogen-bond acceptors (Lipinski definition) is 4. The number of nitrogens with one attached hydrogen (secondary N) is 3. The van der Waals surface area contributed by atoms with Gasteiger partial charge in [0.05, 0.1) is 0 Å². The van der Waals surface area contributed by atoms with Crippen LogP contribution in [0.4, 0.5) is 4.79 Å². The zero-order valence-corrected chi connectivity index (χ0v) is 17.2. The number of likely N-dealkylation sites (tertiary alicyclic amines) is 1. The molecule has 0 aliphatic carbocycles. The van der Waals surface area contributed by atoms with Gasteiger partial charge in [0, 0.05) is 18.7 Å². The van der Waals surface area contributed by atoms with Crippen LogP contribution in [-0.2, 0) is 21.7 Å². The third-order valence-electron chi connectivity index (χ3n) is 5.85. The first kappa shape index (κ1) is 20.6. The van der Waals surface area contributed by atoms with E-state index in [1.165, 1.54) is 0 Å². The first-order chi connectivity index (χ1) is 14.9. The summed E-state index contributed by atoms with van der Waals surface area (Å²) in [6.45, 7) is 2.44. The van der Waals surface area contributed by atoms with E-state index >= 15 is 0 Å². The van der Waals surface area contributed by atoms with Crippen LogP contribution in [0.2, 0.25) is 0 Å². The third-order valence-corrected chi connectivity index (χ3v) is 5.85. The molecule has 2 aromatic rings. The monoisotopic (exact) mass is 420 g/mol. The lowest BCUT2D eigenvalue weighted by molar-refractivity contribution is -0.125. The number of hydrogen-bond donors (Lipinski definition) is 3. The molecule has 2 aliphatic rings. The molecule has 2 aromatic carbocycles. The van der Waals surface area contributed by atoms with E-state index in [0.29, 0.717) is 24.1 Å². The van der Waals surface area contributed by atoms with Crippen LogP contribution < -0.4 is 16.0 Å². The van der Waals surface area contributed by atoms with Gasteiger partial charge in [-0.15, -0.1) is 0 Å². The SMILES string of the molecule is CC1(c2cccc(CNC(=O)[C@H]3CCCN3C(=O)c3ccccc3)c2)NC(=O)NC1=O. The van der Waals surface area contributed by atoms with Crippen molar-refractivity contribution in [2.24, 2.45) is 0 Å². The lowest BCUT2D eigenvalue weighted by Gasteiger charge is -2.24. The van der Waals surface area contributed by atoms with Gasteiger partial charge in [0.25, 0.3) is 11.8 Å². The molecule has 5 amide bonds. The molecule has 2 heterocycles. The predicted octanol–water partition coefficient (Wildman–Crippen LogP) is 1.66. The molecule has 3 N–H and O–H groups in total. The van der Waals surface area contributed by atoms with Crippen molar-refractivity contribution >= 4 is 23.8 Å². The van der Waals surface area contributed by atoms with Gasteiger partial charge >= 0.3 is 6.03 Å². The Morgan fingerprint density at radius 1 is 1.13 bits per heavy atom. The van der Waals surface area contributed by atoms with E-state index in [4.69, 9.17) is 0 Å². The van der Waals surface area contributed by atoms with Crippen molar-refractivity contribution in [1.82, 2.24) is 20.9 Å². The number of imide groups is 1. The molecule has 8 heteroatoms. The molecule has 0 saturated carbocycles. The number of urea groups is 1. The number of carbonyl (C=O) groups excluding carboxylic acids is 4. The first-order valence-electron chi connectivity index (χ1n) is 10.3. The van der Waals surface area contributed by atoms with Crippen LogP contribution in [0.3, 0.4) is 0 Å². The summed E-state index contributed by atoms with van der Waals surface area (Å²) in [6, 6.07) is 15.1. The standard InChI is InChI=1S/C23H24N4O4/c1-23(21(30)25-22(31)26-23)17-10-5-7-15(13-17)14-24-19(28)18-11-6-12-27(18)20(29)16-8-3-2-4-9-16/h2-5,7-10,13,18H,6,11-12,14H2,1H3,(H,24,28)(H2,25,26,30,31)/t18-,23?/m1/s1. The highest BCUT2D eigenvalue weighted by atomic mass is 16.2. The summed E-state index contributed by atoms with van der Waals surface area (Å²) in [4.78, 5) is 51.0. The Bertz CT molecular complexity index is 1040. The molecule has 160 valence electrons. The molecule has 8 nitrogen and oxygen atoms in total. The molecular weight excluding hydrogens is 396 g/mol. The van der Waals surface area contributed by atoms with Gasteiger partial charge in [-0.05, 0) is 43.0 Å². The Labute approximate surface area is 180 Å². The fourth-order valence-corrected chi connectivity index (χ4v) is 4.07. The van der Waals surface area contributed by atoms with E-state index in [2.05, 4.69) is 16.0 Å².